The Labute approximate surface area is 195 Å². The Morgan fingerprint density at radius 2 is 1.82 bits per heavy atom. The predicted molar refractivity (Wildman–Crippen MR) is 132 cm³/mol. The molecule has 0 aliphatic carbocycles. The number of nitrogens with zero attached hydrogens (tertiary/aromatic N) is 1. The lowest BCUT2D eigenvalue weighted by atomic mass is 10.1. The maximum absolute atomic E-state index is 12.7. The molecular formula is C26H23NO5S. The van der Waals surface area contributed by atoms with Crippen LogP contribution in [0, 0.1) is 0 Å². The van der Waals surface area contributed by atoms with Gasteiger partial charge in [0, 0.05) is 5.39 Å². The molecule has 1 aliphatic heterocycles. The molecule has 0 spiro atoms. The van der Waals surface area contributed by atoms with Gasteiger partial charge in [-0.1, -0.05) is 54.2 Å². The number of hydrogen-bond acceptors (Lipinski definition) is 7. The largest absolute Gasteiger partial charge is 0.506 e. The van der Waals surface area contributed by atoms with Crippen LogP contribution < -0.4 is 4.74 Å². The van der Waals surface area contributed by atoms with Crippen LogP contribution in [-0.4, -0.2) is 34.4 Å². The molecule has 3 aromatic rings. The third kappa shape index (κ3) is 4.73. The highest BCUT2D eigenvalue weighted by atomic mass is 32.2. The minimum Gasteiger partial charge on any atom is -0.506 e. The summed E-state index contributed by atoms with van der Waals surface area (Å²) in [6.07, 6.45) is 1.72. The van der Waals surface area contributed by atoms with Crippen LogP contribution in [0.15, 0.2) is 81.9 Å². The van der Waals surface area contributed by atoms with Gasteiger partial charge in [-0.05, 0) is 49.1 Å². The molecule has 3 aromatic carbocycles. The summed E-state index contributed by atoms with van der Waals surface area (Å²) in [6.45, 7) is 4.12. The van der Waals surface area contributed by atoms with E-state index in [1.807, 2.05) is 49.4 Å². The lowest BCUT2D eigenvalue weighted by Gasteiger charge is -2.07. The lowest BCUT2D eigenvalue weighted by molar-refractivity contribution is -0.138. The minimum atomic E-state index is -0.634. The summed E-state index contributed by atoms with van der Waals surface area (Å²) >= 11 is 1.19. The Bertz CT molecular complexity index is 1300. The number of phenolic OH excluding ortho intramolecular Hbond substituents is 1. The highest BCUT2D eigenvalue weighted by Crippen LogP contribution is 2.41. The minimum absolute atomic E-state index is 0.0308. The van der Waals surface area contributed by atoms with E-state index in [1.165, 1.54) is 17.8 Å². The van der Waals surface area contributed by atoms with Gasteiger partial charge in [-0.25, -0.2) is 9.79 Å². The van der Waals surface area contributed by atoms with Crippen molar-refractivity contribution in [3.8, 4) is 11.5 Å². The van der Waals surface area contributed by atoms with Crippen LogP contribution in [0.5, 0.6) is 11.5 Å². The van der Waals surface area contributed by atoms with Crippen LogP contribution in [0.1, 0.15) is 19.4 Å². The Kier molecular flexibility index (Phi) is 6.70. The van der Waals surface area contributed by atoms with Crippen molar-refractivity contribution in [3.63, 3.8) is 0 Å². The average molecular weight is 462 g/mol. The van der Waals surface area contributed by atoms with E-state index < -0.39 is 5.97 Å². The maximum atomic E-state index is 12.7. The molecule has 1 aliphatic rings. The molecule has 4 rings (SSSR count). The van der Waals surface area contributed by atoms with Crippen LogP contribution in [0.25, 0.3) is 16.8 Å². The number of aliphatic hydroxyl groups excluding tert-OH is 1. The van der Waals surface area contributed by atoms with Crippen LogP contribution in [0.4, 0.5) is 5.69 Å². The first kappa shape index (κ1) is 22.5. The van der Waals surface area contributed by atoms with Gasteiger partial charge >= 0.3 is 5.97 Å². The Balaban J connectivity index is 1.79. The van der Waals surface area contributed by atoms with Gasteiger partial charge in [0.05, 0.1) is 23.8 Å². The van der Waals surface area contributed by atoms with E-state index in [9.17, 15) is 15.0 Å². The number of fused-ring (bicyclic) bond motifs is 1. The van der Waals surface area contributed by atoms with Crippen LogP contribution >= 0.6 is 11.8 Å². The highest BCUT2D eigenvalue weighted by Gasteiger charge is 2.33. The number of benzene rings is 3. The number of aliphatic imine (C=N–C) groups is 1. The monoisotopic (exact) mass is 461 g/mol. The molecular weight excluding hydrogens is 438 g/mol. The number of aliphatic hydroxyl groups is 1. The van der Waals surface area contributed by atoms with E-state index in [1.54, 1.807) is 25.1 Å². The number of hydrogen-bond donors (Lipinski definition) is 2. The van der Waals surface area contributed by atoms with Crippen molar-refractivity contribution in [3.05, 3.63) is 82.5 Å². The first-order valence-corrected chi connectivity index (χ1v) is 11.4. The zero-order chi connectivity index (χ0) is 23.4. The third-order valence-corrected chi connectivity index (χ3v) is 5.96. The number of carbonyl (C=O) groups excluding carboxylic acids is 1. The molecule has 0 radical (unpaired) electrons. The molecule has 6 nitrogen and oxygen atoms in total. The van der Waals surface area contributed by atoms with E-state index in [-0.39, 0.29) is 23.7 Å². The summed E-state index contributed by atoms with van der Waals surface area (Å²) in [4.78, 5) is 17.9. The number of phenols is 1. The molecule has 0 fully saturated rings. The highest BCUT2D eigenvalue weighted by molar-refractivity contribution is 8.18. The molecule has 0 bridgehead atoms. The quantitative estimate of drug-likeness (QED) is 0.429. The van der Waals surface area contributed by atoms with E-state index >= 15 is 0 Å². The van der Waals surface area contributed by atoms with Crippen LogP contribution in [-0.2, 0) is 9.53 Å². The third-order valence-electron chi connectivity index (χ3n) is 4.94. The summed E-state index contributed by atoms with van der Waals surface area (Å²) in [7, 11) is 0. The van der Waals surface area contributed by atoms with Gasteiger partial charge in [-0.3, -0.25) is 0 Å². The Morgan fingerprint density at radius 1 is 1.03 bits per heavy atom. The van der Waals surface area contributed by atoms with Crippen molar-refractivity contribution < 1.29 is 24.5 Å². The first-order valence-electron chi connectivity index (χ1n) is 10.5. The van der Waals surface area contributed by atoms with Gasteiger partial charge in [0.1, 0.15) is 16.4 Å². The van der Waals surface area contributed by atoms with Crippen molar-refractivity contribution in [2.45, 2.75) is 13.8 Å². The Hall–Kier alpha value is -3.71. The zero-order valence-electron chi connectivity index (χ0n) is 18.2. The van der Waals surface area contributed by atoms with Crippen LogP contribution in [0.3, 0.4) is 0 Å². The molecule has 0 saturated carbocycles. The molecule has 0 atom stereocenters. The van der Waals surface area contributed by atoms with Crippen molar-refractivity contribution in [1.82, 2.24) is 0 Å². The molecule has 0 amide bonds. The second-order valence-corrected chi connectivity index (χ2v) is 8.16. The number of thioether (sulfide) groups is 1. The van der Waals surface area contributed by atoms with Gasteiger partial charge in [-0.2, -0.15) is 0 Å². The van der Waals surface area contributed by atoms with Crippen molar-refractivity contribution >= 4 is 45.3 Å². The zero-order valence-corrected chi connectivity index (χ0v) is 19.1. The van der Waals surface area contributed by atoms with E-state index in [2.05, 4.69) is 0 Å². The molecule has 7 heteroatoms. The summed E-state index contributed by atoms with van der Waals surface area (Å²) in [5.74, 6) is -0.453. The summed E-state index contributed by atoms with van der Waals surface area (Å²) in [6, 6.07) is 18.5. The fraction of sp³-hybridized carbons (Fsp3) is 0.154. The van der Waals surface area contributed by atoms with Crippen molar-refractivity contribution in [2.75, 3.05) is 13.2 Å². The fourth-order valence-electron chi connectivity index (χ4n) is 3.45. The van der Waals surface area contributed by atoms with Gasteiger partial charge in [0.2, 0.25) is 0 Å². The van der Waals surface area contributed by atoms with Gasteiger partial charge in [0.15, 0.2) is 11.5 Å². The Morgan fingerprint density at radius 3 is 2.61 bits per heavy atom. The molecule has 2 N–H and O–H groups in total. The molecule has 1 heterocycles. The average Bonchev–Trinajstić information content (AvgIpc) is 3.11. The van der Waals surface area contributed by atoms with E-state index in [0.29, 0.717) is 33.6 Å². The number of ether oxygens (including phenoxy) is 2. The molecule has 0 aromatic heterocycles. The number of rotatable bonds is 6. The smallest absolute Gasteiger partial charge is 0.344 e. The van der Waals surface area contributed by atoms with E-state index in [4.69, 9.17) is 14.5 Å². The van der Waals surface area contributed by atoms with Crippen LogP contribution in [0.2, 0.25) is 0 Å². The topological polar surface area (TPSA) is 88.4 Å². The fourth-order valence-corrected chi connectivity index (χ4v) is 4.48. The lowest BCUT2D eigenvalue weighted by Crippen LogP contribution is -2.12. The number of carbonyl (C=O) groups is 1. The maximum Gasteiger partial charge on any atom is 0.344 e. The predicted octanol–water partition coefficient (Wildman–Crippen LogP) is 6.14. The van der Waals surface area contributed by atoms with Crippen molar-refractivity contribution in [1.29, 1.82) is 0 Å². The molecule has 33 heavy (non-hydrogen) atoms. The second-order valence-electron chi connectivity index (χ2n) is 7.13. The normalized spacial score (nSPS) is 16.1. The SMILES string of the molecule is CCOC(=O)C1=C(O)/C(=C\c2ccc(O)c(OCC)c2)SC1=Nc1cccc2ccccc12. The first-order chi connectivity index (χ1) is 16.0. The second kappa shape index (κ2) is 9.83. The standard InChI is InChI=1S/C26H23NO5S/c1-3-31-21-14-16(12-13-20(21)28)15-22-24(29)23(26(30)32-4-2)25(33-22)27-19-11-7-9-17-8-5-6-10-18(17)19/h5-15,28-29H,3-4H2,1-2H3/b22-15+,27-25?. The summed E-state index contributed by atoms with van der Waals surface area (Å²) < 4.78 is 10.6. The molecule has 168 valence electrons. The van der Waals surface area contributed by atoms with Gasteiger partial charge < -0.3 is 19.7 Å². The summed E-state index contributed by atoms with van der Waals surface area (Å²) in [5.41, 5.74) is 1.42. The van der Waals surface area contributed by atoms with E-state index in [0.717, 1.165) is 10.8 Å². The number of esters is 1. The molecule has 0 unspecified atom stereocenters. The molecule has 0 saturated heterocycles. The van der Waals surface area contributed by atoms with Crippen molar-refractivity contribution in [2.24, 2.45) is 4.99 Å². The summed E-state index contributed by atoms with van der Waals surface area (Å²) in [5, 5.41) is 23.2. The van der Waals surface area contributed by atoms with Gasteiger partial charge in [0.25, 0.3) is 0 Å². The van der Waals surface area contributed by atoms with Gasteiger partial charge in [-0.15, -0.1) is 0 Å². The number of aromatic hydroxyl groups is 1.